The molecule has 1 aromatic carbocycles. The van der Waals surface area contributed by atoms with Crippen molar-refractivity contribution >= 4 is 23.0 Å². The van der Waals surface area contributed by atoms with Gasteiger partial charge in [0.05, 0.1) is 24.3 Å². The predicted octanol–water partition coefficient (Wildman–Crippen LogP) is 9.20. The van der Waals surface area contributed by atoms with Crippen molar-refractivity contribution < 1.29 is 57.4 Å². The molecule has 0 aliphatic rings. The zero-order valence-corrected chi connectivity index (χ0v) is 34.1. The molecule has 0 fully saturated rings. The second-order valence-corrected chi connectivity index (χ2v) is 14.4. The quantitative estimate of drug-likeness (QED) is 0.0314. The van der Waals surface area contributed by atoms with E-state index in [4.69, 9.17) is 9.47 Å². The Bertz CT molecular complexity index is 876. The molecule has 0 aliphatic heterocycles. The van der Waals surface area contributed by atoms with Crippen molar-refractivity contribution in [1.29, 1.82) is 0 Å². The Hall–Kier alpha value is -0.730. The van der Waals surface area contributed by atoms with E-state index in [0.29, 0.717) is 0 Å². The maximum atomic E-state index is 12.7. The molecule has 0 radical (unpaired) electrons. The van der Waals surface area contributed by atoms with Crippen molar-refractivity contribution in [2.45, 2.75) is 199 Å². The van der Waals surface area contributed by atoms with Gasteiger partial charge in [0.25, 0.3) is 0 Å². The van der Waals surface area contributed by atoms with Crippen LogP contribution >= 0.6 is 0 Å². The van der Waals surface area contributed by atoms with E-state index in [2.05, 4.69) is 13.8 Å². The van der Waals surface area contributed by atoms with Gasteiger partial charge >= 0.3 is 41.5 Å². The van der Waals surface area contributed by atoms with Crippen molar-refractivity contribution in [3.05, 3.63) is 29.3 Å². The van der Waals surface area contributed by atoms with Crippen molar-refractivity contribution in [2.24, 2.45) is 0 Å². The van der Waals surface area contributed by atoms with Crippen LogP contribution in [-0.2, 0) is 20.6 Å². The van der Waals surface area contributed by atoms with Crippen molar-refractivity contribution in [2.75, 3.05) is 13.2 Å². The molecule has 0 bridgehead atoms. The summed E-state index contributed by atoms with van der Waals surface area (Å²) in [5, 5.41) is 0. The maximum absolute atomic E-state index is 12.7. The molecule has 1 rings (SSSR count). The van der Waals surface area contributed by atoms with Gasteiger partial charge in [-0.15, -0.1) is 0 Å². The van der Waals surface area contributed by atoms with Crippen LogP contribution in [0.3, 0.4) is 0 Å². The third-order valence-corrected chi connectivity index (χ3v) is 9.65. The fourth-order valence-corrected chi connectivity index (χ4v) is 6.47. The Morgan fingerprint density at radius 1 is 0.479 bits per heavy atom. The molecule has 272 valence electrons. The van der Waals surface area contributed by atoms with Gasteiger partial charge in [-0.1, -0.05) is 181 Å². The summed E-state index contributed by atoms with van der Waals surface area (Å²) in [6.45, 7) is 5.07. The van der Waals surface area contributed by atoms with Gasteiger partial charge in [-0.2, -0.15) is 0 Å². The zero-order chi connectivity index (χ0) is 34.2. The first-order chi connectivity index (χ1) is 23.0. The largest absolute Gasteiger partial charge is 1.00 e. The van der Waals surface area contributed by atoms with E-state index in [1.165, 1.54) is 159 Å². The minimum Gasteiger partial charge on any atom is -0.768 e. The molecule has 48 heavy (non-hydrogen) atoms. The molecule has 1 unspecified atom stereocenters. The van der Waals surface area contributed by atoms with Crippen LogP contribution in [0.2, 0.25) is 0 Å². The Kier molecular flexibility index (Phi) is 34.2. The SMILES string of the molecule is CCCCCCCCCCCCCCCCOC(=O)c1cc(C(=O)OCCCCCCCCCCCCCCCC)cc(S(=O)[O-])c1.[Na+]. The summed E-state index contributed by atoms with van der Waals surface area (Å²) in [6.07, 6.45) is 35.0. The predicted molar refractivity (Wildman–Crippen MR) is 195 cm³/mol. The number of unbranched alkanes of at least 4 members (excludes halogenated alkanes) is 26. The number of benzene rings is 1. The maximum Gasteiger partial charge on any atom is 1.00 e. The molecule has 1 atom stereocenters. The molecule has 0 amide bonds. The number of carbonyl (C=O) groups is 2. The molecule has 0 saturated carbocycles. The summed E-state index contributed by atoms with van der Waals surface area (Å²) in [5.74, 6) is -1.24. The summed E-state index contributed by atoms with van der Waals surface area (Å²) in [6, 6.07) is 3.87. The molecule has 0 aromatic heterocycles. The first-order valence-electron chi connectivity index (χ1n) is 19.6. The molecule has 1 aromatic rings. The van der Waals surface area contributed by atoms with Gasteiger partial charge < -0.3 is 14.0 Å². The van der Waals surface area contributed by atoms with E-state index in [1.54, 1.807) is 0 Å². The molecule has 0 saturated heterocycles. The van der Waals surface area contributed by atoms with Crippen LogP contribution in [0.25, 0.3) is 0 Å². The second-order valence-electron chi connectivity index (χ2n) is 13.4. The normalized spacial score (nSPS) is 11.6. The standard InChI is InChI=1S/C40H70O6S.Na/c1-3-5-7-9-11-13-15-17-19-21-23-25-27-29-31-45-39(41)36-33-37(35-38(34-36)47(43)44)40(42)46-32-30-28-26-24-22-20-18-16-14-12-10-8-6-4-2;/h33-35H,3-32H2,1-2H3,(H,43,44);/q;+1/p-1. The molecule has 0 spiro atoms. The first-order valence-corrected chi connectivity index (χ1v) is 20.7. The number of ether oxygens (including phenoxy) is 2. The smallest absolute Gasteiger partial charge is 0.768 e. The Balaban J connectivity index is 0.0000221. The molecule has 0 N–H and O–H groups in total. The fourth-order valence-electron chi connectivity index (χ4n) is 6.02. The minimum absolute atomic E-state index is 0. The van der Waals surface area contributed by atoms with Crippen LogP contribution in [-0.4, -0.2) is 33.9 Å². The number of hydrogen-bond donors (Lipinski definition) is 0. The van der Waals surface area contributed by atoms with E-state index in [-0.39, 0.29) is 58.8 Å². The van der Waals surface area contributed by atoms with E-state index < -0.39 is 23.0 Å². The average Bonchev–Trinajstić information content (AvgIpc) is 3.07. The first kappa shape index (κ1) is 47.3. The number of esters is 2. The van der Waals surface area contributed by atoms with Gasteiger partial charge in [0.15, 0.2) is 0 Å². The summed E-state index contributed by atoms with van der Waals surface area (Å²) in [7, 11) is 0. The van der Waals surface area contributed by atoms with Crippen LogP contribution in [0.4, 0.5) is 0 Å². The van der Waals surface area contributed by atoms with Gasteiger partial charge in [-0.25, -0.2) is 9.59 Å². The van der Waals surface area contributed by atoms with Crippen LogP contribution in [0.1, 0.15) is 214 Å². The number of hydrogen-bond acceptors (Lipinski definition) is 6. The molecular weight excluding hydrogens is 631 g/mol. The summed E-state index contributed by atoms with van der Waals surface area (Å²) in [5.41, 5.74) is 0.112. The Morgan fingerprint density at radius 2 is 0.729 bits per heavy atom. The zero-order valence-electron chi connectivity index (χ0n) is 31.3. The van der Waals surface area contributed by atoms with Gasteiger partial charge in [0.2, 0.25) is 0 Å². The van der Waals surface area contributed by atoms with E-state index in [0.717, 1.165) is 38.5 Å². The Labute approximate surface area is 319 Å². The topological polar surface area (TPSA) is 92.7 Å². The van der Waals surface area contributed by atoms with Crippen LogP contribution in [0.5, 0.6) is 0 Å². The summed E-state index contributed by atoms with van der Waals surface area (Å²) >= 11 is -2.58. The average molecular weight is 701 g/mol. The third-order valence-electron chi connectivity index (χ3n) is 9.03. The van der Waals surface area contributed by atoms with Gasteiger partial charge in [-0.3, -0.25) is 4.21 Å². The van der Waals surface area contributed by atoms with Crippen LogP contribution in [0, 0.1) is 0 Å². The minimum atomic E-state index is -2.58. The molecular formula is C40H69NaO6S. The van der Waals surface area contributed by atoms with Gasteiger partial charge in [0, 0.05) is 4.90 Å². The van der Waals surface area contributed by atoms with E-state index in [1.807, 2.05) is 0 Å². The molecule has 0 aliphatic carbocycles. The molecule has 0 heterocycles. The van der Waals surface area contributed by atoms with E-state index >= 15 is 0 Å². The summed E-state index contributed by atoms with van der Waals surface area (Å²) in [4.78, 5) is 25.2. The van der Waals surface area contributed by atoms with Crippen molar-refractivity contribution in [3.8, 4) is 0 Å². The summed E-state index contributed by atoms with van der Waals surface area (Å²) < 4.78 is 34.1. The van der Waals surface area contributed by atoms with Gasteiger partial charge in [-0.05, 0) is 42.1 Å². The van der Waals surface area contributed by atoms with Crippen molar-refractivity contribution in [3.63, 3.8) is 0 Å². The second kappa shape index (κ2) is 34.7. The van der Waals surface area contributed by atoms with E-state index in [9.17, 15) is 18.4 Å². The number of rotatable bonds is 33. The Morgan fingerprint density at radius 3 is 0.979 bits per heavy atom. The van der Waals surface area contributed by atoms with Crippen LogP contribution < -0.4 is 29.6 Å². The number of carbonyl (C=O) groups excluding carboxylic acids is 2. The fraction of sp³-hybridized carbons (Fsp3) is 0.800. The van der Waals surface area contributed by atoms with Crippen molar-refractivity contribution in [1.82, 2.24) is 0 Å². The third kappa shape index (κ3) is 27.1. The van der Waals surface area contributed by atoms with Crippen LogP contribution in [0.15, 0.2) is 23.1 Å². The van der Waals surface area contributed by atoms with Gasteiger partial charge in [0.1, 0.15) is 0 Å². The molecule has 6 nitrogen and oxygen atoms in total. The molecule has 8 heteroatoms. The monoisotopic (exact) mass is 700 g/mol.